The van der Waals surface area contributed by atoms with Crippen molar-refractivity contribution in [3.05, 3.63) is 63.2 Å². The predicted molar refractivity (Wildman–Crippen MR) is 87.9 cm³/mol. The first kappa shape index (κ1) is 12.4. The highest BCUT2D eigenvalue weighted by Crippen LogP contribution is 2.22. The van der Waals surface area contributed by atoms with Crippen LogP contribution in [0.25, 0.3) is 26.7 Å². The average molecular weight is 311 g/mol. The first-order valence-electron chi connectivity index (χ1n) is 6.31. The van der Waals surface area contributed by atoms with E-state index in [2.05, 4.69) is 9.97 Å². The summed E-state index contributed by atoms with van der Waals surface area (Å²) in [5.74, 6) is 0. The van der Waals surface area contributed by atoms with Crippen LogP contribution in [0.3, 0.4) is 0 Å². The number of H-pyrrole nitrogens is 1. The van der Waals surface area contributed by atoms with Gasteiger partial charge in [0.15, 0.2) is 4.77 Å². The van der Waals surface area contributed by atoms with Crippen molar-refractivity contribution in [3.63, 3.8) is 0 Å². The van der Waals surface area contributed by atoms with Gasteiger partial charge in [-0.25, -0.2) is 0 Å². The van der Waals surface area contributed by atoms with Crippen LogP contribution >= 0.6 is 23.6 Å². The van der Waals surface area contributed by atoms with Crippen molar-refractivity contribution in [2.75, 3.05) is 0 Å². The van der Waals surface area contributed by atoms with Crippen LogP contribution in [-0.4, -0.2) is 14.5 Å². The molecule has 0 spiro atoms. The summed E-state index contributed by atoms with van der Waals surface area (Å²) in [6, 6.07) is 9.51. The van der Waals surface area contributed by atoms with Gasteiger partial charge in [0.25, 0.3) is 5.56 Å². The van der Waals surface area contributed by atoms with Gasteiger partial charge in [-0.1, -0.05) is 12.1 Å². The molecular weight excluding hydrogens is 302 g/mol. The molecule has 0 aliphatic carbocycles. The summed E-state index contributed by atoms with van der Waals surface area (Å²) in [5.41, 5.74) is 0.645. The Hall–Kier alpha value is -2.31. The third-order valence-corrected chi connectivity index (χ3v) is 4.54. The molecule has 1 aromatic carbocycles. The molecule has 6 heteroatoms. The largest absolute Gasteiger partial charge is 0.323 e. The Kier molecular flexibility index (Phi) is 2.73. The fourth-order valence-corrected chi connectivity index (χ4v) is 3.58. The number of hydrogen-bond donors (Lipinski definition) is 1. The number of aromatic nitrogens is 3. The second kappa shape index (κ2) is 4.61. The van der Waals surface area contributed by atoms with Crippen molar-refractivity contribution >= 4 is 44.5 Å². The van der Waals surface area contributed by atoms with Crippen LogP contribution < -0.4 is 5.56 Å². The molecule has 0 saturated heterocycles. The van der Waals surface area contributed by atoms with Crippen molar-refractivity contribution in [1.82, 2.24) is 14.5 Å². The van der Waals surface area contributed by atoms with Crippen LogP contribution in [0.1, 0.15) is 0 Å². The summed E-state index contributed by atoms with van der Waals surface area (Å²) < 4.78 is 1.93. The molecule has 0 aliphatic rings. The third-order valence-electron chi connectivity index (χ3n) is 3.42. The quantitative estimate of drug-likeness (QED) is 0.546. The normalized spacial score (nSPS) is 11.2. The van der Waals surface area contributed by atoms with Crippen LogP contribution in [0.2, 0.25) is 0 Å². The van der Waals surface area contributed by atoms with E-state index in [0.29, 0.717) is 10.2 Å². The molecule has 0 fully saturated rings. The average Bonchev–Trinajstić information content (AvgIpc) is 2.96. The summed E-state index contributed by atoms with van der Waals surface area (Å²) in [4.78, 5) is 20.8. The number of thiophene rings is 1. The van der Waals surface area contributed by atoms with Gasteiger partial charge in [-0.3, -0.25) is 14.3 Å². The highest BCUT2D eigenvalue weighted by atomic mass is 32.1. The Labute approximate surface area is 128 Å². The molecule has 0 amide bonds. The highest BCUT2D eigenvalue weighted by Gasteiger charge is 2.10. The first-order valence-corrected chi connectivity index (χ1v) is 7.60. The van der Waals surface area contributed by atoms with Gasteiger partial charge in [0, 0.05) is 17.8 Å². The maximum absolute atomic E-state index is 12.7. The lowest BCUT2D eigenvalue weighted by Gasteiger charge is -2.09. The van der Waals surface area contributed by atoms with E-state index in [9.17, 15) is 4.79 Å². The Balaban J connectivity index is 2.19. The van der Waals surface area contributed by atoms with Crippen molar-refractivity contribution in [2.45, 2.75) is 0 Å². The van der Waals surface area contributed by atoms with E-state index in [-0.39, 0.29) is 5.56 Å². The molecule has 0 atom stereocenters. The van der Waals surface area contributed by atoms with Gasteiger partial charge < -0.3 is 4.98 Å². The maximum atomic E-state index is 12.7. The minimum Gasteiger partial charge on any atom is -0.323 e. The van der Waals surface area contributed by atoms with E-state index < -0.39 is 0 Å². The maximum Gasteiger partial charge on any atom is 0.267 e. The van der Waals surface area contributed by atoms with Crippen molar-refractivity contribution in [2.24, 2.45) is 0 Å². The summed E-state index contributed by atoms with van der Waals surface area (Å²) >= 11 is 6.85. The molecular formula is C15H9N3OS2. The lowest BCUT2D eigenvalue weighted by Crippen LogP contribution is -2.20. The minimum atomic E-state index is -0.105. The molecule has 21 heavy (non-hydrogen) atoms. The minimum absolute atomic E-state index is 0.105. The number of rotatable bonds is 1. The molecule has 3 aromatic heterocycles. The molecule has 3 heterocycles. The van der Waals surface area contributed by atoms with Gasteiger partial charge in [0.2, 0.25) is 0 Å². The summed E-state index contributed by atoms with van der Waals surface area (Å²) in [6.45, 7) is 0. The van der Waals surface area contributed by atoms with E-state index >= 15 is 0 Å². The molecule has 0 bridgehead atoms. The van der Waals surface area contributed by atoms with Crippen LogP contribution in [0.15, 0.2) is 52.9 Å². The van der Waals surface area contributed by atoms with Crippen molar-refractivity contribution in [3.8, 4) is 5.69 Å². The Morgan fingerprint density at radius 1 is 1.19 bits per heavy atom. The Morgan fingerprint density at radius 2 is 2.10 bits per heavy atom. The fourth-order valence-electron chi connectivity index (χ4n) is 2.45. The summed E-state index contributed by atoms with van der Waals surface area (Å²) in [5, 5.41) is 4.45. The fraction of sp³-hybridized carbons (Fsp3) is 0. The number of aromatic amines is 1. The SMILES string of the molecule is O=c1c2ccsc2[nH]c(=S)n1-c1cccc2ccncc12. The van der Waals surface area contributed by atoms with E-state index in [0.717, 1.165) is 21.3 Å². The topological polar surface area (TPSA) is 50.7 Å². The smallest absolute Gasteiger partial charge is 0.267 e. The zero-order valence-electron chi connectivity index (χ0n) is 10.7. The molecule has 0 saturated carbocycles. The Morgan fingerprint density at radius 3 is 3.00 bits per heavy atom. The lowest BCUT2D eigenvalue weighted by atomic mass is 10.1. The monoisotopic (exact) mass is 311 g/mol. The molecule has 102 valence electrons. The standard InChI is InChI=1S/C15H9N3OS2/c19-14-10-5-7-21-13(10)17-15(20)18(14)12-3-1-2-9-4-6-16-8-11(9)12/h1-8H,(H,17,20). The molecule has 0 aliphatic heterocycles. The molecule has 4 rings (SSSR count). The van der Waals surface area contributed by atoms with E-state index in [1.54, 1.807) is 12.4 Å². The number of hydrogen-bond acceptors (Lipinski definition) is 4. The van der Waals surface area contributed by atoms with Crippen LogP contribution in [-0.2, 0) is 0 Å². The summed E-state index contributed by atoms with van der Waals surface area (Å²) in [6.07, 6.45) is 3.49. The lowest BCUT2D eigenvalue weighted by molar-refractivity contribution is 0.951. The van der Waals surface area contributed by atoms with E-state index in [1.165, 1.54) is 15.9 Å². The second-order valence-corrected chi connectivity index (χ2v) is 5.91. The molecule has 4 nitrogen and oxygen atoms in total. The highest BCUT2D eigenvalue weighted by molar-refractivity contribution is 7.71. The number of nitrogens with one attached hydrogen (secondary N) is 1. The summed E-state index contributed by atoms with van der Waals surface area (Å²) in [7, 11) is 0. The van der Waals surface area contributed by atoms with Crippen LogP contribution in [0.4, 0.5) is 0 Å². The van der Waals surface area contributed by atoms with Crippen LogP contribution in [0.5, 0.6) is 0 Å². The third kappa shape index (κ3) is 1.84. The molecule has 0 unspecified atom stereocenters. The van der Waals surface area contributed by atoms with Crippen molar-refractivity contribution < 1.29 is 0 Å². The van der Waals surface area contributed by atoms with E-state index in [4.69, 9.17) is 12.2 Å². The number of nitrogens with zero attached hydrogens (tertiary/aromatic N) is 2. The van der Waals surface area contributed by atoms with Gasteiger partial charge in [0.1, 0.15) is 4.83 Å². The van der Waals surface area contributed by atoms with Gasteiger partial charge >= 0.3 is 0 Å². The van der Waals surface area contributed by atoms with Gasteiger partial charge in [0.05, 0.1) is 11.1 Å². The zero-order chi connectivity index (χ0) is 14.4. The zero-order valence-corrected chi connectivity index (χ0v) is 12.4. The second-order valence-electron chi connectivity index (χ2n) is 4.61. The first-order chi connectivity index (χ1) is 10.3. The molecule has 0 radical (unpaired) electrons. The van der Waals surface area contributed by atoms with Gasteiger partial charge in [-0.2, -0.15) is 0 Å². The molecule has 1 N–H and O–H groups in total. The van der Waals surface area contributed by atoms with Crippen molar-refractivity contribution in [1.29, 1.82) is 0 Å². The van der Waals surface area contributed by atoms with Crippen LogP contribution in [0, 0.1) is 4.77 Å². The Bertz CT molecular complexity index is 1090. The number of fused-ring (bicyclic) bond motifs is 2. The number of pyridine rings is 1. The van der Waals surface area contributed by atoms with E-state index in [1.807, 2.05) is 35.7 Å². The number of benzene rings is 1. The van der Waals surface area contributed by atoms with Gasteiger partial charge in [-0.05, 0) is 41.2 Å². The molecule has 4 aromatic rings. The van der Waals surface area contributed by atoms with Gasteiger partial charge in [-0.15, -0.1) is 11.3 Å². The predicted octanol–water partition coefficient (Wildman–Crippen LogP) is 3.66.